The fourth-order valence-electron chi connectivity index (χ4n) is 2.45. The molecule has 0 aliphatic rings. The van der Waals surface area contributed by atoms with Crippen molar-refractivity contribution in [3.05, 3.63) is 64.5 Å². The van der Waals surface area contributed by atoms with Crippen molar-refractivity contribution in [2.24, 2.45) is 0 Å². The van der Waals surface area contributed by atoms with Crippen LogP contribution in [-0.4, -0.2) is 14.2 Å². The maximum atomic E-state index is 14.2. The third kappa shape index (κ3) is 3.61. The monoisotopic (exact) mass is 287 g/mol. The second kappa shape index (κ2) is 6.72. The molecule has 2 rings (SSSR count). The molecule has 0 radical (unpaired) electrons. The number of ether oxygens (including phenoxy) is 1. The molecule has 0 saturated carbocycles. The van der Waals surface area contributed by atoms with Crippen LogP contribution in [0.15, 0.2) is 36.4 Å². The Morgan fingerprint density at radius 2 is 1.86 bits per heavy atom. The van der Waals surface area contributed by atoms with Gasteiger partial charge in [0, 0.05) is 17.7 Å². The van der Waals surface area contributed by atoms with Crippen LogP contribution in [0.5, 0.6) is 5.75 Å². The van der Waals surface area contributed by atoms with Crippen LogP contribution in [0.2, 0.25) is 0 Å². The summed E-state index contributed by atoms with van der Waals surface area (Å²) in [7, 11) is 3.40. The number of hydrogen-bond acceptors (Lipinski definition) is 2. The summed E-state index contributed by atoms with van der Waals surface area (Å²) >= 11 is 0. The lowest BCUT2D eigenvalue weighted by atomic mass is 9.96. The zero-order valence-corrected chi connectivity index (χ0v) is 13.0. The van der Waals surface area contributed by atoms with Gasteiger partial charge in [-0.3, -0.25) is 0 Å². The van der Waals surface area contributed by atoms with E-state index < -0.39 is 0 Å². The minimum absolute atomic E-state index is 0.0574. The average molecular weight is 287 g/mol. The van der Waals surface area contributed by atoms with Gasteiger partial charge in [0.1, 0.15) is 11.6 Å². The number of hydrogen-bond donors (Lipinski definition) is 1. The molecular weight excluding hydrogens is 265 g/mol. The Hall–Kier alpha value is -1.87. The largest absolute Gasteiger partial charge is 0.497 e. The Morgan fingerprint density at radius 1 is 1.10 bits per heavy atom. The highest BCUT2D eigenvalue weighted by Gasteiger charge is 2.15. The van der Waals surface area contributed by atoms with Crippen LogP contribution in [-0.2, 0) is 6.42 Å². The van der Waals surface area contributed by atoms with Gasteiger partial charge in [0.05, 0.1) is 7.11 Å². The Kier molecular flexibility index (Phi) is 4.97. The molecule has 1 unspecified atom stereocenters. The first-order valence-electron chi connectivity index (χ1n) is 7.12. The lowest BCUT2D eigenvalue weighted by molar-refractivity contribution is 0.409. The fraction of sp³-hybridized carbons (Fsp3) is 0.333. The molecule has 0 heterocycles. The summed E-state index contributed by atoms with van der Waals surface area (Å²) in [5.41, 5.74) is 4.40. The van der Waals surface area contributed by atoms with Gasteiger partial charge in [-0.05, 0) is 50.1 Å². The molecule has 112 valence electrons. The summed E-state index contributed by atoms with van der Waals surface area (Å²) in [6.45, 7) is 4.19. The number of benzene rings is 2. The SMILES string of the molecule is CNC(Cc1ccc(C)c(C)c1)c1ccc(OC)cc1F. The molecule has 1 N–H and O–H groups in total. The lowest BCUT2D eigenvalue weighted by Gasteiger charge is -2.18. The minimum atomic E-state index is -0.238. The van der Waals surface area contributed by atoms with Crippen LogP contribution in [0.1, 0.15) is 28.3 Å². The van der Waals surface area contributed by atoms with Crippen molar-refractivity contribution in [3.63, 3.8) is 0 Å². The fourth-order valence-corrected chi connectivity index (χ4v) is 2.45. The van der Waals surface area contributed by atoms with Crippen molar-refractivity contribution in [2.75, 3.05) is 14.2 Å². The first kappa shape index (κ1) is 15.5. The van der Waals surface area contributed by atoms with Crippen molar-refractivity contribution in [3.8, 4) is 5.75 Å². The highest BCUT2D eigenvalue weighted by Crippen LogP contribution is 2.25. The predicted octanol–water partition coefficient (Wildman–Crippen LogP) is 3.95. The maximum Gasteiger partial charge on any atom is 0.131 e. The molecule has 0 fully saturated rings. The van der Waals surface area contributed by atoms with Crippen LogP contribution in [0.4, 0.5) is 4.39 Å². The number of likely N-dealkylation sites (N-methyl/N-ethyl adjacent to an activating group) is 1. The van der Waals surface area contributed by atoms with Gasteiger partial charge in [-0.2, -0.15) is 0 Å². The Balaban J connectivity index is 2.25. The summed E-state index contributed by atoms with van der Waals surface area (Å²) in [6, 6.07) is 11.3. The predicted molar refractivity (Wildman–Crippen MR) is 84.4 cm³/mol. The third-order valence-electron chi connectivity index (χ3n) is 3.94. The van der Waals surface area contributed by atoms with E-state index in [9.17, 15) is 4.39 Å². The highest BCUT2D eigenvalue weighted by molar-refractivity contribution is 5.34. The van der Waals surface area contributed by atoms with Crippen molar-refractivity contribution >= 4 is 0 Å². The van der Waals surface area contributed by atoms with Gasteiger partial charge in [0.25, 0.3) is 0 Å². The lowest BCUT2D eigenvalue weighted by Crippen LogP contribution is -2.20. The number of methoxy groups -OCH3 is 1. The second-order valence-electron chi connectivity index (χ2n) is 5.35. The van der Waals surface area contributed by atoms with E-state index in [1.54, 1.807) is 19.2 Å². The summed E-state index contributed by atoms with van der Waals surface area (Å²) in [6.07, 6.45) is 0.751. The average Bonchev–Trinajstić information content (AvgIpc) is 2.48. The molecule has 21 heavy (non-hydrogen) atoms. The van der Waals surface area contributed by atoms with Crippen molar-refractivity contribution in [2.45, 2.75) is 26.3 Å². The minimum Gasteiger partial charge on any atom is -0.497 e. The van der Waals surface area contributed by atoms with E-state index in [1.165, 1.54) is 22.8 Å². The zero-order chi connectivity index (χ0) is 15.4. The van der Waals surface area contributed by atoms with Gasteiger partial charge in [-0.25, -0.2) is 4.39 Å². The zero-order valence-electron chi connectivity index (χ0n) is 13.0. The van der Waals surface area contributed by atoms with Gasteiger partial charge in [0.2, 0.25) is 0 Å². The molecule has 0 amide bonds. The molecule has 2 aromatic rings. The molecule has 0 aliphatic heterocycles. The van der Waals surface area contributed by atoms with E-state index in [1.807, 2.05) is 7.05 Å². The molecule has 2 aromatic carbocycles. The van der Waals surface area contributed by atoms with Crippen LogP contribution in [0.25, 0.3) is 0 Å². The van der Waals surface area contributed by atoms with Gasteiger partial charge < -0.3 is 10.1 Å². The molecule has 0 aromatic heterocycles. The van der Waals surface area contributed by atoms with Crippen LogP contribution in [0, 0.1) is 19.7 Å². The summed E-state index contributed by atoms with van der Waals surface area (Å²) in [5.74, 6) is 0.301. The summed E-state index contributed by atoms with van der Waals surface area (Å²) < 4.78 is 19.3. The Bertz CT molecular complexity index is 625. The van der Waals surface area contributed by atoms with E-state index in [0.717, 1.165) is 6.42 Å². The van der Waals surface area contributed by atoms with Gasteiger partial charge in [-0.15, -0.1) is 0 Å². The van der Waals surface area contributed by atoms with Crippen molar-refractivity contribution in [1.82, 2.24) is 5.32 Å². The first-order valence-corrected chi connectivity index (χ1v) is 7.12. The normalized spacial score (nSPS) is 12.2. The molecule has 0 bridgehead atoms. The number of halogens is 1. The van der Waals surface area contributed by atoms with Gasteiger partial charge in [-0.1, -0.05) is 24.3 Å². The quantitative estimate of drug-likeness (QED) is 0.899. The maximum absolute atomic E-state index is 14.2. The van der Waals surface area contributed by atoms with E-state index in [4.69, 9.17) is 4.74 Å². The molecule has 0 aliphatic carbocycles. The molecular formula is C18H22FNO. The van der Waals surface area contributed by atoms with E-state index >= 15 is 0 Å². The molecule has 3 heteroatoms. The first-order chi connectivity index (χ1) is 10.0. The van der Waals surface area contributed by atoms with Gasteiger partial charge >= 0.3 is 0 Å². The Labute approximate surface area is 126 Å². The Morgan fingerprint density at radius 3 is 2.43 bits per heavy atom. The summed E-state index contributed by atoms with van der Waals surface area (Å²) in [5, 5.41) is 3.20. The molecule has 0 spiro atoms. The van der Waals surface area contributed by atoms with Crippen molar-refractivity contribution < 1.29 is 9.13 Å². The topological polar surface area (TPSA) is 21.3 Å². The molecule has 1 atom stereocenters. The number of nitrogens with one attached hydrogen (secondary N) is 1. The second-order valence-corrected chi connectivity index (χ2v) is 5.35. The van der Waals surface area contributed by atoms with E-state index in [2.05, 4.69) is 37.4 Å². The van der Waals surface area contributed by atoms with Crippen LogP contribution < -0.4 is 10.1 Å². The highest BCUT2D eigenvalue weighted by atomic mass is 19.1. The van der Waals surface area contributed by atoms with Crippen molar-refractivity contribution in [1.29, 1.82) is 0 Å². The number of aryl methyl sites for hydroxylation is 2. The smallest absolute Gasteiger partial charge is 0.131 e. The third-order valence-corrected chi connectivity index (χ3v) is 3.94. The van der Waals surface area contributed by atoms with E-state index in [0.29, 0.717) is 11.3 Å². The number of rotatable bonds is 5. The standard InChI is InChI=1S/C18H22FNO/c1-12-5-6-14(9-13(12)2)10-18(20-3)16-8-7-15(21-4)11-17(16)19/h5-9,11,18,20H,10H2,1-4H3. The van der Waals surface area contributed by atoms with Crippen LogP contribution >= 0.6 is 0 Å². The molecule has 0 saturated heterocycles. The van der Waals surface area contributed by atoms with E-state index in [-0.39, 0.29) is 11.9 Å². The van der Waals surface area contributed by atoms with Crippen LogP contribution in [0.3, 0.4) is 0 Å². The summed E-state index contributed by atoms with van der Waals surface area (Å²) in [4.78, 5) is 0. The van der Waals surface area contributed by atoms with Gasteiger partial charge in [0.15, 0.2) is 0 Å². The molecule has 2 nitrogen and oxygen atoms in total.